The van der Waals surface area contributed by atoms with Crippen LogP contribution in [0.5, 0.6) is 11.5 Å². The molecule has 1 atom stereocenters. The summed E-state index contributed by atoms with van der Waals surface area (Å²) in [5.74, 6) is 0.926. The average molecular weight is 534 g/mol. The number of para-hydroxylation sites is 2. The van der Waals surface area contributed by atoms with Gasteiger partial charge in [0.15, 0.2) is 0 Å². The molecule has 0 aliphatic carbocycles. The fourth-order valence-electron chi connectivity index (χ4n) is 3.78. The van der Waals surface area contributed by atoms with Crippen LogP contribution in [0, 0.1) is 5.92 Å². The number of amides is 2. The number of anilines is 1. The highest BCUT2D eigenvalue weighted by molar-refractivity contribution is 7.92. The second kappa shape index (κ2) is 13.9. The molecule has 9 nitrogen and oxygen atoms in total. The van der Waals surface area contributed by atoms with Crippen molar-refractivity contribution in [3.63, 3.8) is 0 Å². The van der Waals surface area contributed by atoms with Crippen molar-refractivity contribution in [1.82, 2.24) is 10.2 Å². The maximum atomic E-state index is 13.4. The lowest BCUT2D eigenvalue weighted by molar-refractivity contribution is -0.140. The Labute approximate surface area is 220 Å². The molecular formula is C27H39N3O6S. The molecule has 0 heterocycles. The quantitative estimate of drug-likeness (QED) is 0.399. The summed E-state index contributed by atoms with van der Waals surface area (Å²) in [5.41, 5.74) is 1.26. The van der Waals surface area contributed by atoms with E-state index in [-0.39, 0.29) is 43.7 Å². The van der Waals surface area contributed by atoms with Gasteiger partial charge in [0.2, 0.25) is 21.8 Å². The molecule has 10 heteroatoms. The number of benzene rings is 2. The molecule has 1 N–H and O–H groups in total. The van der Waals surface area contributed by atoms with Gasteiger partial charge in [0.1, 0.15) is 17.5 Å². The first-order valence-electron chi connectivity index (χ1n) is 12.3. The highest BCUT2D eigenvalue weighted by Gasteiger charge is 2.27. The summed E-state index contributed by atoms with van der Waals surface area (Å²) < 4.78 is 36.9. The molecule has 0 radical (unpaired) electrons. The smallest absolute Gasteiger partial charge is 0.242 e. The van der Waals surface area contributed by atoms with Gasteiger partial charge < -0.3 is 19.7 Å². The Morgan fingerprint density at radius 1 is 0.973 bits per heavy atom. The van der Waals surface area contributed by atoms with Gasteiger partial charge in [-0.15, -0.1) is 0 Å². The number of nitrogens with one attached hydrogen (secondary N) is 1. The van der Waals surface area contributed by atoms with E-state index in [1.807, 2.05) is 26.0 Å². The number of hydrogen-bond donors (Lipinski definition) is 1. The van der Waals surface area contributed by atoms with Crippen LogP contribution in [-0.4, -0.2) is 64.7 Å². The Kier molecular flexibility index (Phi) is 11.2. The molecule has 204 valence electrons. The lowest BCUT2D eigenvalue weighted by Crippen LogP contribution is -2.48. The Morgan fingerprint density at radius 2 is 1.62 bits per heavy atom. The van der Waals surface area contributed by atoms with E-state index in [1.54, 1.807) is 50.4 Å². The second-order valence-corrected chi connectivity index (χ2v) is 11.2. The molecule has 0 aromatic heterocycles. The fourth-order valence-corrected chi connectivity index (χ4v) is 4.75. The number of rotatable bonds is 14. The van der Waals surface area contributed by atoms with E-state index in [2.05, 4.69) is 5.32 Å². The van der Waals surface area contributed by atoms with Gasteiger partial charge >= 0.3 is 0 Å². The van der Waals surface area contributed by atoms with Crippen LogP contribution in [0.25, 0.3) is 0 Å². The lowest BCUT2D eigenvalue weighted by atomic mass is 10.1. The molecule has 0 bridgehead atoms. The van der Waals surface area contributed by atoms with Crippen molar-refractivity contribution in [3.05, 3.63) is 54.1 Å². The van der Waals surface area contributed by atoms with Crippen molar-refractivity contribution in [3.8, 4) is 11.5 Å². The van der Waals surface area contributed by atoms with Gasteiger partial charge in [-0.2, -0.15) is 0 Å². The van der Waals surface area contributed by atoms with Crippen LogP contribution < -0.4 is 19.1 Å². The van der Waals surface area contributed by atoms with E-state index < -0.39 is 16.1 Å². The summed E-state index contributed by atoms with van der Waals surface area (Å²) in [6, 6.07) is 13.5. The number of sulfonamides is 1. The second-order valence-electron chi connectivity index (χ2n) is 9.30. The number of carbonyl (C=O) groups is 2. The van der Waals surface area contributed by atoms with Crippen LogP contribution in [0.15, 0.2) is 48.5 Å². The SMILES string of the molecule is COc1ccc(CN(C(=O)CCCN(c2ccccc2OC)S(C)(=O)=O)C(C)C(=O)NCC(C)C)cc1. The number of carbonyl (C=O) groups excluding carboxylic acids is 2. The van der Waals surface area contributed by atoms with Crippen LogP contribution in [0.4, 0.5) is 5.69 Å². The van der Waals surface area contributed by atoms with E-state index >= 15 is 0 Å². The molecule has 1 unspecified atom stereocenters. The highest BCUT2D eigenvalue weighted by Crippen LogP contribution is 2.29. The molecule has 2 aromatic carbocycles. The standard InChI is InChI=1S/C27H39N3O6S/c1-20(2)18-28-27(32)21(3)29(19-22-13-15-23(35-4)16-14-22)26(31)12-9-17-30(37(6,33)34)24-10-7-8-11-25(24)36-5/h7-8,10-11,13-16,20-21H,9,12,17-19H2,1-6H3,(H,28,32). The minimum absolute atomic E-state index is 0.0686. The summed E-state index contributed by atoms with van der Waals surface area (Å²) in [6.45, 7) is 6.54. The molecule has 0 aliphatic heterocycles. The maximum absolute atomic E-state index is 13.4. The zero-order valence-corrected chi connectivity index (χ0v) is 23.4. The van der Waals surface area contributed by atoms with Gasteiger partial charge in [0.25, 0.3) is 0 Å². The summed E-state index contributed by atoms with van der Waals surface area (Å²) >= 11 is 0. The van der Waals surface area contributed by atoms with Gasteiger partial charge in [-0.05, 0) is 49.1 Å². The van der Waals surface area contributed by atoms with Crippen molar-refractivity contribution >= 4 is 27.5 Å². The summed E-state index contributed by atoms with van der Waals surface area (Å²) in [4.78, 5) is 27.7. The van der Waals surface area contributed by atoms with Crippen molar-refractivity contribution < 1.29 is 27.5 Å². The molecular weight excluding hydrogens is 494 g/mol. The Morgan fingerprint density at radius 3 is 2.19 bits per heavy atom. The third-order valence-corrected chi connectivity index (χ3v) is 7.05. The van der Waals surface area contributed by atoms with Gasteiger partial charge in [0.05, 0.1) is 26.2 Å². The van der Waals surface area contributed by atoms with Gasteiger partial charge in [0, 0.05) is 26.1 Å². The summed E-state index contributed by atoms with van der Waals surface area (Å²) in [5, 5.41) is 2.90. The summed E-state index contributed by atoms with van der Waals surface area (Å²) in [7, 11) is -0.559. The minimum Gasteiger partial charge on any atom is -0.497 e. The molecule has 0 aliphatic rings. The maximum Gasteiger partial charge on any atom is 0.242 e. The predicted octanol–water partition coefficient (Wildman–Crippen LogP) is 3.44. The predicted molar refractivity (Wildman–Crippen MR) is 145 cm³/mol. The van der Waals surface area contributed by atoms with Crippen LogP contribution in [0.3, 0.4) is 0 Å². The first kappa shape index (κ1) is 30.0. The fraction of sp³-hybridized carbons (Fsp3) is 0.481. The van der Waals surface area contributed by atoms with Crippen molar-refractivity contribution in [2.75, 3.05) is 37.9 Å². The number of ether oxygens (including phenoxy) is 2. The highest BCUT2D eigenvalue weighted by atomic mass is 32.2. The van der Waals surface area contributed by atoms with Crippen LogP contribution >= 0.6 is 0 Å². The topological polar surface area (TPSA) is 105 Å². The molecule has 0 saturated heterocycles. The van der Waals surface area contributed by atoms with E-state index in [1.165, 1.54) is 16.3 Å². The van der Waals surface area contributed by atoms with Crippen molar-refractivity contribution in [2.45, 2.75) is 46.2 Å². The number of hydrogen-bond acceptors (Lipinski definition) is 6. The lowest BCUT2D eigenvalue weighted by Gasteiger charge is -2.30. The number of methoxy groups -OCH3 is 2. The first-order valence-corrected chi connectivity index (χ1v) is 14.1. The molecule has 2 rings (SSSR count). The Balaban J connectivity index is 2.19. The van der Waals surface area contributed by atoms with Crippen LogP contribution in [-0.2, 0) is 26.2 Å². The molecule has 2 aromatic rings. The zero-order valence-electron chi connectivity index (χ0n) is 22.6. The van der Waals surface area contributed by atoms with E-state index in [0.717, 1.165) is 11.8 Å². The van der Waals surface area contributed by atoms with Crippen molar-refractivity contribution in [1.29, 1.82) is 0 Å². The Hall–Kier alpha value is -3.27. The van der Waals surface area contributed by atoms with Crippen LogP contribution in [0.1, 0.15) is 39.2 Å². The molecule has 0 saturated carbocycles. The zero-order chi connectivity index (χ0) is 27.6. The van der Waals surface area contributed by atoms with Crippen molar-refractivity contribution in [2.24, 2.45) is 5.92 Å². The largest absolute Gasteiger partial charge is 0.497 e. The van der Waals surface area contributed by atoms with E-state index in [4.69, 9.17) is 9.47 Å². The van der Waals surface area contributed by atoms with Crippen LogP contribution in [0.2, 0.25) is 0 Å². The third-order valence-electron chi connectivity index (χ3n) is 5.87. The molecule has 2 amide bonds. The number of nitrogens with zero attached hydrogens (tertiary/aromatic N) is 2. The summed E-state index contributed by atoms with van der Waals surface area (Å²) in [6.07, 6.45) is 1.46. The normalized spacial score (nSPS) is 12.1. The Bertz CT molecular complexity index is 1140. The average Bonchev–Trinajstić information content (AvgIpc) is 2.87. The van der Waals surface area contributed by atoms with Gasteiger partial charge in [-0.3, -0.25) is 13.9 Å². The van der Waals surface area contributed by atoms with E-state index in [0.29, 0.717) is 23.7 Å². The molecule has 0 fully saturated rings. The monoisotopic (exact) mass is 533 g/mol. The van der Waals surface area contributed by atoms with Gasteiger partial charge in [-0.1, -0.05) is 38.1 Å². The first-order chi connectivity index (χ1) is 17.5. The van der Waals surface area contributed by atoms with Gasteiger partial charge in [-0.25, -0.2) is 8.42 Å². The minimum atomic E-state index is -3.62. The van der Waals surface area contributed by atoms with E-state index in [9.17, 15) is 18.0 Å². The molecule has 0 spiro atoms. The third kappa shape index (κ3) is 8.96. The molecule has 37 heavy (non-hydrogen) atoms.